The highest BCUT2D eigenvalue weighted by Gasteiger charge is 2.32. The second-order valence-corrected chi connectivity index (χ2v) is 6.44. The summed E-state index contributed by atoms with van der Waals surface area (Å²) in [7, 11) is 0. The Morgan fingerprint density at radius 3 is 2.71 bits per heavy atom. The first-order chi connectivity index (χ1) is 10.2. The molecule has 1 amide bonds. The first-order valence-corrected chi connectivity index (χ1v) is 8.14. The van der Waals surface area contributed by atoms with Gasteiger partial charge in [-0.05, 0) is 44.2 Å². The van der Waals surface area contributed by atoms with Crippen molar-refractivity contribution in [3.63, 3.8) is 0 Å². The van der Waals surface area contributed by atoms with Crippen LogP contribution >= 0.6 is 0 Å². The standard InChI is InChI=1S/C17H25N3O/c1-13(21)19-15-9-11-20(12-15)16-7-5-14(6-8-16)17-4-2-3-10-18-17/h2-4,10,14-16H,5-9,11-12H2,1H3,(H,19,21)/t14?,15-,16?/m1/s1. The third-order valence-electron chi connectivity index (χ3n) is 4.95. The van der Waals surface area contributed by atoms with Gasteiger partial charge in [0.25, 0.3) is 0 Å². The van der Waals surface area contributed by atoms with Crippen LogP contribution in [0.15, 0.2) is 24.4 Å². The summed E-state index contributed by atoms with van der Waals surface area (Å²) in [5.41, 5.74) is 1.26. The monoisotopic (exact) mass is 287 g/mol. The van der Waals surface area contributed by atoms with Crippen molar-refractivity contribution in [2.75, 3.05) is 13.1 Å². The Kier molecular flexibility index (Phi) is 4.54. The molecular weight excluding hydrogens is 262 g/mol. The first-order valence-electron chi connectivity index (χ1n) is 8.14. The quantitative estimate of drug-likeness (QED) is 0.928. The molecule has 1 aromatic heterocycles. The maximum absolute atomic E-state index is 11.1. The number of hydrogen-bond acceptors (Lipinski definition) is 3. The van der Waals surface area contributed by atoms with Crippen molar-refractivity contribution in [2.24, 2.45) is 0 Å². The van der Waals surface area contributed by atoms with E-state index in [9.17, 15) is 4.79 Å². The lowest BCUT2D eigenvalue weighted by molar-refractivity contribution is -0.119. The maximum Gasteiger partial charge on any atom is 0.217 e. The maximum atomic E-state index is 11.1. The predicted molar refractivity (Wildman–Crippen MR) is 83.0 cm³/mol. The Balaban J connectivity index is 1.49. The van der Waals surface area contributed by atoms with Gasteiger partial charge in [0.05, 0.1) is 0 Å². The number of rotatable bonds is 3. The molecule has 4 nitrogen and oxygen atoms in total. The lowest BCUT2D eigenvalue weighted by atomic mass is 9.83. The molecule has 0 radical (unpaired) electrons. The van der Waals surface area contributed by atoms with Crippen LogP contribution in [0.5, 0.6) is 0 Å². The van der Waals surface area contributed by atoms with E-state index in [2.05, 4.69) is 27.3 Å². The molecule has 4 heteroatoms. The third kappa shape index (κ3) is 3.62. The van der Waals surface area contributed by atoms with Gasteiger partial charge in [0.15, 0.2) is 0 Å². The van der Waals surface area contributed by atoms with E-state index in [1.165, 1.54) is 31.4 Å². The molecule has 0 aromatic carbocycles. The zero-order valence-electron chi connectivity index (χ0n) is 12.8. The number of aromatic nitrogens is 1. The summed E-state index contributed by atoms with van der Waals surface area (Å²) in [5.74, 6) is 0.733. The summed E-state index contributed by atoms with van der Waals surface area (Å²) < 4.78 is 0. The van der Waals surface area contributed by atoms with Crippen LogP contribution in [0.3, 0.4) is 0 Å². The molecule has 1 saturated heterocycles. The zero-order chi connectivity index (χ0) is 14.7. The number of nitrogens with zero attached hydrogens (tertiary/aromatic N) is 2. The highest BCUT2D eigenvalue weighted by atomic mass is 16.1. The zero-order valence-corrected chi connectivity index (χ0v) is 12.8. The van der Waals surface area contributed by atoms with E-state index in [4.69, 9.17) is 0 Å². The molecule has 2 fully saturated rings. The molecule has 1 atom stereocenters. The van der Waals surface area contributed by atoms with Crippen molar-refractivity contribution in [3.8, 4) is 0 Å². The van der Waals surface area contributed by atoms with Crippen molar-refractivity contribution in [1.29, 1.82) is 0 Å². The normalized spacial score (nSPS) is 30.2. The molecule has 1 N–H and O–H groups in total. The second-order valence-electron chi connectivity index (χ2n) is 6.44. The van der Waals surface area contributed by atoms with Crippen molar-refractivity contribution in [3.05, 3.63) is 30.1 Å². The summed E-state index contributed by atoms with van der Waals surface area (Å²) in [5, 5.41) is 3.05. The van der Waals surface area contributed by atoms with Crippen molar-refractivity contribution in [2.45, 2.75) is 57.0 Å². The average Bonchev–Trinajstić information content (AvgIpc) is 2.96. The summed E-state index contributed by atoms with van der Waals surface area (Å²) in [6.07, 6.45) is 7.99. The van der Waals surface area contributed by atoms with Gasteiger partial charge < -0.3 is 5.32 Å². The third-order valence-corrected chi connectivity index (χ3v) is 4.95. The minimum absolute atomic E-state index is 0.0979. The number of pyridine rings is 1. The van der Waals surface area contributed by atoms with Crippen LogP contribution in [0, 0.1) is 0 Å². The largest absolute Gasteiger partial charge is 0.352 e. The van der Waals surface area contributed by atoms with Crippen LogP contribution < -0.4 is 5.32 Å². The van der Waals surface area contributed by atoms with Crippen LogP contribution in [0.2, 0.25) is 0 Å². The Morgan fingerprint density at radius 2 is 2.05 bits per heavy atom. The molecule has 1 aromatic rings. The number of amides is 1. The van der Waals surface area contributed by atoms with E-state index < -0.39 is 0 Å². The van der Waals surface area contributed by atoms with Crippen LogP contribution in [0.1, 0.15) is 50.6 Å². The Bertz CT molecular complexity index is 468. The SMILES string of the molecule is CC(=O)N[C@@H]1CCN(C2CCC(c3ccccn3)CC2)C1. The van der Waals surface area contributed by atoms with Crippen LogP contribution in [-0.2, 0) is 4.79 Å². The van der Waals surface area contributed by atoms with E-state index in [1.807, 2.05) is 12.3 Å². The fourth-order valence-electron chi connectivity index (χ4n) is 3.88. The van der Waals surface area contributed by atoms with Gasteiger partial charge in [-0.3, -0.25) is 14.7 Å². The number of carbonyl (C=O) groups excluding carboxylic acids is 1. The molecule has 1 aliphatic carbocycles. The summed E-state index contributed by atoms with van der Waals surface area (Å²) in [4.78, 5) is 18.2. The average molecular weight is 287 g/mol. The summed E-state index contributed by atoms with van der Waals surface area (Å²) in [6.45, 7) is 3.77. The van der Waals surface area contributed by atoms with Crippen molar-refractivity contribution in [1.82, 2.24) is 15.2 Å². The smallest absolute Gasteiger partial charge is 0.217 e. The van der Waals surface area contributed by atoms with E-state index >= 15 is 0 Å². The van der Waals surface area contributed by atoms with Crippen LogP contribution in [-0.4, -0.2) is 41.0 Å². The highest BCUT2D eigenvalue weighted by molar-refractivity contribution is 5.73. The van der Waals surface area contributed by atoms with E-state index in [0.29, 0.717) is 18.0 Å². The molecular formula is C17H25N3O. The van der Waals surface area contributed by atoms with E-state index in [0.717, 1.165) is 19.5 Å². The molecule has 114 valence electrons. The van der Waals surface area contributed by atoms with Crippen LogP contribution in [0.25, 0.3) is 0 Å². The Hall–Kier alpha value is -1.42. The number of nitrogens with one attached hydrogen (secondary N) is 1. The van der Waals surface area contributed by atoms with Gasteiger partial charge in [-0.2, -0.15) is 0 Å². The van der Waals surface area contributed by atoms with Gasteiger partial charge in [0.2, 0.25) is 5.91 Å². The Labute approximate surface area is 126 Å². The lowest BCUT2D eigenvalue weighted by Gasteiger charge is -2.34. The van der Waals surface area contributed by atoms with Crippen LogP contribution in [0.4, 0.5) is 0 Å². The minimum Gasteiger partial charge on any atom is -0.352 e. The predicted octanol–water partition coefficient (Wildman–Crippen LogP) is 2.32. The first kappa shape index (κ1) is 14.5. The molecule has 21 heavy (non-hydrogen) atoms. The van der Waals surface area contributed by atoms with Crippen molar-refractivity contribution >= 4 is 5.91 Å². The number of likely N-dealkylation sites (tertiary alicyclic amines) is 1. The lowest BCUT2D eigenvalue weighted by Crippen LogP contribution is -2.40. The summed E-state index contributed by atoms with van der Waals surface area (Å²) >= 11 is 0. The molecule has 1 aliphatic heterocycles. The Morgan fingerprint density at radius 1 is 1.24 bits per heavy atom. The van der Waals surface area contributed by atoms with E-state index in [-0.39, 0.29) is 5.91 Å². The molecule has 2 heterocycles. The molecule has 0 bridgehead atoms. The van der Waals surface area contributed by atoms with E-state index in [1.54, 1.807) is 6.92 Å². The molecule has 1 saturated carbocycles. The van der Waals surface area contributed by atoms with Gasteiger partial charge in [0.1, 0.15) is 0 Å². The molecule has 0 unspecified atom stereocenters. The van der Waals surface area contributed by atoms with Crippen molar-refractivity contribution < 1.29 is 4.79 Å². The van der Waals surface area contributed by atoms with Gasteiger partial charge in [0, 0.05) is 49.9 Å². The number of carbonyl (C=O) groups is 1. The topological polar surface area (TPSA) is 45.2 Å². The van der Waals surface area contributed by atoms with Gasteiger partial charge in [-0.15, -0.1) is 0 Å². The fourth-order valence-corrected chi connectivity index (χ4v) is 3.88. The molecule has 2 aliphatic rings. The number of hydrogen-bond donors (Lipinski definition) is 1. The summed E-state index contributed by atoms with van der Waals surface area (Å²) in [6, 6.07) is 7.29. The highest BCUT2D eigenvalue weighted by Crippen LogP contribution is 2.34. The second kappa shape index (κ2) is 6.56. The van der Waals surface area contributed by atoms with Gasteiger partial charge >= 0.3 is 0 Å². The van der Waals surface area contributed by atoms with Gasteiger partial charge in [-0.1, -0.05) is 6.07 Å². The molecule has 3 rings (SSSR count). The van der Waals surface area contributed by atoms with Gasteiger partial charge in [-0.25, -0.2) is 0 Å². The minimum atomic E-state index is 0.0979. The molecule has 0 spiro atoms. The fraction of sp³-hybridized carbons (Fsp3) is 0.647.